The molecule has 1 aromatic carbocycles. The molecule has 2 aliphatic carbocycles. The van der Waals surface area contributed by atoms with Gasteiger partial charge in [-0.1, -0.05) is 27.7 Å². The minimum atomic E-state index is -0.0637. The summed E-state index contributed by atoms with van der Waals surface area (Å²) in [6.07, 6.45) is 3.91. The first-order valence-corrected chi connectivity index (χ1v) is 10.1. The normalized spacial score (nSPS) is 24.6. The van der Waals surface area contributed by atoms with Gasteiger partial charge >= 0.3 is 0 Å². The van der Waals surface area contributed by atoms with Crippen LogP contribution < -0.4 is 9.47 Å². The summed E-state index contributed by atoms with van der Waals surface area (Å²) in [4.78, 5) is 25.2. The molecule has 0 saturated heterocycles. The molecule has 4 aliphatic rings. The molecule has 28 heavy (non-hydrogen) atoms. The molecule has 4 nitrogen and oxygen atoms in total. The van der Waals surface area contributed by atoms with Crippen LogP contribution in [0.1, 0.15) is 64.5 Å². The molecule has 0 spiro atoms. The summed E-state index contributed by atoms with van der Waals surface area (Å²) in [5, 5.41) is 0. The molecule has 0 aromatic heterocycles. The highest BCUT2D eigenvalue weighted by Crippen LogP contribution is 2.47. The van der Waals surface area contributed by atoms with Crippen molar-refractivity contribution in [1.29, 1.82) is 0 Å². The first kappa shape index (κ1) is 17.7. The van der Waals surface area contributed by atoms with Crippen LogP contribution in [0.5, 0.6) is 11.5 Å². The Kier molecular flexibility index (Phi) is 3.54. The van der Waals surface area contributed by atoms with E-state index in [0.717, 1.165) is 58.1 Å². The number of carbonyl (C=O) groups excluding carboxylic acids is 2. The van der Waals surface area contributed by atoms with E-state index in [2.05, 4.69) is 27.7 Å². The summed E-state index contributed by atoms with van der Waals surface area (Å²) in [6, 6.07) is 4.02. The van der Waals surface area contributed by atoms with Crippen molar-refractivity contribution in [3.05, 3.63) is 45.9 Å². The van der Waals surface area contributed by atoms with Gasteiger partial charge in [0.2, 0.25) is 0 Å². The van der Waals surface area contributed by atoms with Gasteiger partial charge in [-0.05, 0) is 23.0 Å². The predicted octanol–water partition coefficient (Wildman–Crippen LogP) is 4.84. The van der Waals surface area contributed by atoms with Gasteiger partial charge in [0.05, 0.1) is 0 Å². The molecule has 0 fully saturated rings. The van der Waals surface area contributed by atoms with Gasteiger partial charge in [0.1, 0.15) is 23.0 Å². The molecule has 0 saturated carbocycles. The SMILES string of the molecule is CC1(C)CC(=O)C2=C(C1)Oc1cc3c(cc1C2)OC1=C(C3)C(=O)CC(C)(C)C1. The van der Waals surface area contributed by atoms with Crippen LogP contribution in [-0.2, 0) is 22.4 Å². The lowest BCUT2D eigenvalue weighted by Crippen LogP contribution is -2.31. The maximum Gasteiger partial charge on any atom is 0.163 e. The second kappa shape index (κ2) is 5.59. The summed E-state index contributed by atoms with van der Waals surface area (Å²) in [5.41, 5.74) is 3.50. The fourth-order valence-corrected chi connectivity index (χ4v) is 4.95. The van der Waals surface area contributed by atoms with Gasteiger partial charge in [0.25, 0.3) is 0 Å². The van der Waals surface area contributed by atoms with E-state index < -0.39 is 0 Å². The summed E-state index contributed by atoms with van der Waals surface area (Å²) in [6.45, 7) is 8.44. The molecule has 0 bridgehead atoms. The van der Waals surface area contributed by atoms with Crippen LogP contribution in [0.3, 0.4) is 0 Å². The van der Waals surface area contributed by atoms with E-state index in [1.54, 1.807) is 0 Å². The van der Waals surface area contributed by atoms with Crippen molar-refractivity contribution >= 4 is 11.6 Å². The molecule has 1 aromatic rings. The number of hydrogen-bond donors (Lipinski definition) is 0. The highest BCUT2D eigenvalue weighted by molar-refractivity contribution is 5.99. The van der Waals surface area contributed by atoms with E-state index in [0.29, 0.717) is 25.7 Å². The maximum absolute atomic E-state index is 12.6. The lowest BCUT2D eigenvalue weighted by Gasteiger charge is -2.36. The van der Waals surface area contributed by atoms with Crippen molar-refractivity contribution in [2.45, 2.75) is 66.2 Å². The topological polar surface area (TPSA) is 52.6 Å². The van der Waals surface area contributed by atoms with Gasteiger partial charge in [0.15, 0.2) is 11.6 Å². The zero-order valence-corrected chi connectivity index (χ0v) is 17.0. The largest absolute Gasteiger partial charge is 0.461 e. The van der Waals surface area contributed by atoms with E-state index in [1.165, 1.54) is 0 Å². The third kappa shape index (κ3) is 2.81. The number of benzene rings is 1. The molecule has 2 aliphatic heterocycles. The Hall–Kier alpha value is -2.36. The lowest BCUT2D eigenvalue weighted by molar-refractivity contribution is -0.119. The Morgan fingerprint density at radius 1 is 0.679 bits per heavy atom. The third-order valence-corrected chi connectivity index (χ3v) is 6.35. The summed E-state index contributed by atoms with van der Waals surface area (Å²) in [5.74, 6) is 3.64. The molecule has 0 unspecified atom stereocenters. The number of carbonyl (C=O) groups is 2. The summed E-state index contributed by atoms with van der Waals surface area (Å²) in [7, 11) is 0. The van der Waals surface area contributed by atoms with Gasteiger partial charge in [-0.15, -0.1) is 0 Å². The molecule has 0 radical (unpaired) electrons. The Labute approximate surface area is 165 Å². The minimum Gasteiger partial charge on any atom is -0.461 e. The van der Waals surface area contributed by atoms with E-state index in [1.807, 2.05) is 12.1 Å². The molecule has 146 valence electrons. The minimum absolute atomic E-state index is 0.0637. The first-order chi connectivity index (χ1) is 13.1. The smallest absolute Gasteiger partial charge is 0.163 e. The van der Waals surface area contributed by atoms with Crippen LogP contribution in [0.25, 0.3) is 0 Å². The number of fused-ring (bicyclic) bond motifs is 2. The Bertz CT molecular complexity index is 922. The number of Topliss-reactive ketones (excluding diaryl/α,β-unsaturated/α-hetero) is 2. The van der Waals surface area contributed by atoms with Crippen molar-refractivity contribution < 1.29 is 19.1 Å². The van der Waals surface area contributed by atoms with E-state index in [4.69, 9.17) is 9.47 Å². The zero-order valence-electron chi connectivity index (χ0n) is 17.0. The van der Waals surface area contributed by atoms with E-state index in [-0.39, 0.29) is 22.4 Å². The van der Waals surface area contributed by atoms with Crippen LogP contribution in [0.2, 0.25) is 0 Å². The van der Waals surface area contributed by atoms with Crippen molar-refractivity contribution in [2.24, 2.45) is 10.8 Å². The highest BCUT2D eigenvalue weighted by atomic mass is 16.5. The average Bonchev–Trinajstić information content (AvgIpc) is 2.55. The molecular formula is C24H26O4. The molecule has 2 heterocycles. The van der Waals surface area contributed by atoms with Gasteiger partial charge in [-0.2, -0.15) is 0 Å². The summed E-state index contributed by atoms with van der Waals surface area (Å²) < 4.78 is 12.4. The fourth-order valence-electron chi connectivity index (χ4n) is 4.95. The number of ketones is 2. The third-order valence-electron chi connectivity index (χ3n) is 6.35. The Balaban J connectivity index is 1.49. The standard InChI is InChI=1S/C24H26O4/c1-23(2)9-17(25)15-5-13-8-20-14(7-19(13)27-21(15)11-23)6-16-18(26)10-24(3,4)12-22(16)28-20/h7-8H,5-6,9-12H2,1-4H3. The first-order valence-electron chi connectivity index (χ1n) is 10.1. The molecular weight excluding hydrogens is 352 g/mol. The number of ether oxygens (including phenoxy) is 2. The van der Waals surface area contributed by atoms with Crippen molar-refractivity contribution in [3.8, 4) is 11.5 Å². The predicted molar refractivity (Wildman–Crippen MR) is 105 cm³/mol. The van der Waals surface area contributed by atoms with Crippen LogP contribution in [0, 0.1) is 10.8 Å². The Morgan fingerprint density at radius 2 is 1.07 bits per heavy atom. The highest BCUT2D eigenvalue weighted by Gasteiger charge is 2.39. The molecule has 5 rings (SSSR count). The van der Waals surface area contributed by atoms with Crippen molar-refractivity contribution in [3.63, 3.8) is 0 Å². The van der Waals surface area contributed by atoms with Gasteiger partial charge in [-0.3, -0.25) is 9.59 Å². The zero-order chi connectivity index (χ0) is 19.8. The Morgan fingerprint density at radius 3 is 1.46 bits per heavy atom. The van der Waals surface area contributed by atoms with Gasteiger partial charge < -0.3 is 9.47 Å². The number of hydrogen-bond acceptors (Lipinski definition) is 4. The van der Waals surface area contributed by atoms with Crippen LogP contribution >= 0.6 is 0 Å². The van der Waals surface area contributed by atoms with Crippen molar-refractivity contribution in [2.75, 3.05) is 0 Å². The molecule has 0 N–H and O–H groups in total. The molecule has 0 atom stereocenters. The second-order valence-electron chi connectivity index (χ2n) is 10.3. The monoisotopic (exact) mass is 378 g/mol. The van der Waals surface area contributed by atoms with Crippen LogP contribution in [0.15, 0.2) is 34.8 Å². The second-order valence-corrected chi connectivity index (χ2v) is 10.3. The fraction of sp³-hybridized carbons (Fsp3) is 0.500. The van der Waals surface area contributed by atoms with Crippen LogP contribution in [0.4, 0.5) is 0 Å². The number of rotatable bonds is 0. The van der Waals surface area contributed by atoms with E-state index in [9.17, 15) is 9.59 Å². The molecule has 4 heteroatoms. The van der Waals surface area contributed by atoms with E-state index >= 15 is 0 Å². The lowest BCUT2D eigenvalue weighted by atomic mass is 9.74. The van der Waals surface area contributed by atoms with Gasteiger partial charge in [-0.25, -0.2) is 0 Å². The van der Waals surface area contributed by atoms with Gasteiger partial charge in [0, 0.05) is 60.8 Å². The van der Waals surface area contributed by atoms with Crippen molar-refractivity contribution in [1.82, 2.24) is 0 Å². The maximum atomic E-state index is 12.6. The summed E-state index contributed by atoms with van der Waals surface area (Å²) >= 11 is 0. The van der Waals surface area contributed by atoms with Crippen LogP contribution in [-0.4, -0.2) is 11.6 Å². The number of allylic oxidation sites excluding steroid dienone is 4. The average molecular weight is 378 g/mol. The quantitative estimate of drug-likeness (QED) is 0.648. The molecule has 0 amide bonds.